The molecule has 0 unspecified atom stereocenters. The highest BCUT2D eigenvalue weighted by Crippen LogP contribution is 2.50. The number of hydrogen-bond donors (Lipinski definition) is 2. The van der Waals surface area contributed by atoms with Gasteiger partial charge in [0.1, 0.15) is 0 Å². The predicted molar refractivity (Wildman–Crippen MR) is 105 cm³/mol. The Kier molecular flexibility index (Phi) is 4.91. The lowest BCUT2D eigenvalue weighted by molar-refractivity contribution is 0.0595. The van der Waals surface area contributed by atoms with Gasteiger partial charge in [0.25, 0.3) is 0 Å². The molecule has 1 heterocycles. The van der Waals surface area contributed by atoms with Crippen molar-refractivity contribution >= 4 is 11.7 Å². The third-order valence-corrected chi connectivity index (χ3v) is 5.84. The molecule has 6 heteroatoms. The third kappa shape index (κ3) is 3.86. The lowest BCUT2D eigenvalue weighted by Crippen LogP contribution is -2.39. The summed E-state index contributed by atoms with van der Waals surface area (Å²) in [5.74, 6) is 1.98. The van der Waals surface area contributed by atoms with Gasteiger partial charge in [-0.25, -0.2) is 9.78 Å². The van der Waals surface area contributed by atoms with Gasteiger partial charge in [0.2, 0.25) is 0 Å². The van der Waals surface area contributed by atoms with Crippen molar-refractivity contribution in [1.82, 2.24) is 9.55 Å². The van der Waals surface area contributed by atoms with Crippen LogP contribution in [0.15, 0.2) is 30.6 Å². The standard InChI is InChI=1S/C21H28N4O2/c1-25-12-24-19(21(26)27-2)20(25)15-7-9-16(10-8-15)23-11-17(22)18(13-3-4-13)14-5-6-14/h7-10,12-14,17-18,23H,3-6,11,22H2,1-2H3/t17-/m1/s1. The minimum atomic E-state index is -0.426. The molecule has 2 aliphatic rings. The molecule has 1 aromatic carbocycles. The normalized spacial score (nSPS) is 17.8. The molecule has 144 valence electrons. The lowest BCUT2D eigenvalue weighted by atomic mass is 9.90. The zero-order valence-corrected chi connectivity index (χ0v) is 16.0. The fraction of sp³-hybridized carbons (Fsp3) is 0.524. The van der Waals surface area contributed by atoms with Crippen LogP contribution >= 0.6 is 0 Å². The summed E-state index contributed by atoms with van der Waals surface area (Å²) in [5.41, 5.74) is 9.58. The molecule has 2 fully saturated rings. The van der Waals surface area contributed by atoms with Gasteiger partial charge in [-0.2, -0.15) is 0 Å². The van der Waals surface area contributed by atoms with E-state index in [9.17, 15) is 4.79 Å². The van der Waals surface area contributed by atoms with Gasteiger partial charge in [0.15, 0.2) is 5.69 Å². The fourth-order valence-electron chi connectivity index (χ4n) is 4.18. The predicted octanol–water partition coefficient (Wildman–Crippen LogP) is 3.05. The molecule has 2 saturated carbocycles. The molecule has 0 radical (unpaired) electrons. The van der Waals surface area contributed by atoms with Crippen molar-refractivity contribution in [3.8, 4) is 11.3 Å². The number of nitrogens with two attached hydrogens (primary N) is 1. The van der Waals surface area contributed by atoms with Crippen LogP contribution in [0.3, 0.4) is 0 Å². The number of benzene rings is 1. The number of imidazole rings is 1. The van der Waals surface area contributed by atoms with Crippen LogP contribution in [0.2, 0.25) is 0 Å². The number of ether oxygens (including phenoxy) is 1. The molecule has 1 aromatic heterocycles. The molecule has 0 spiro atoms. The van der Waals surface area contributed by atoms with Crippen LogP contribution in [-0.2, 0) is 11.8 Å². The van der Waals surface area contributed by atoms with Gasteiger partial charge in [-0.15, -0.1) is 0 Å². The average molecular weight is 368 g/mol. The van der Waals surface area contributed by atoms with Crippen molar-refractivity contribution in [3.05, 3.63) is 36.3 Å². The molecule has 2 aliphatic carbocycles. The summed E-state index contributed by atoms with van der Waals surface area (Å²) in [6.07, 6.45) is 7.06. The molecule has 6 nitrogen and oxygen atoms in total. The Balaban J connectivity index is 1.42. The Hall–Kier alpha value is -2.34. The monoisotopic (exact) mass is 368 g/mol. The van der Waals surface area contributed by atoms with Gasteiger partial charge >= 0.3 is 5.97 Å². The molecule has 2 aromatic rings. The minimum Gasteiger partial charge on any atom is -0.464 e. The number of nitrogens with zero attached hydrogens (tertiary/aromatic N) is 2. The number of carbonyl (C=O) groups excluding carboxylic acids is 1. The highest BCUT2D eigenvalue weighted by molar-refractivity contribution is 5.94. The summed E-state index contributed by atoms with van der Waals surface area (Å²) in [7, 11) is 3.24. The maximum Gasteiger partial charge on any atom is 0.358 e. The Morgan fingerprint density at radius 2 is 1.89 bits per heavy atom. The first-order valence-corrected chi connectivity index (χ1v) is 9.78. The van der Waals surface area contributed by atoms with Crippen LogP contribution in [-0.4, -0.2) is 35.2 Å². The molecule has 4 rings (SSSR count). The van der Waals surface area contributed by atoms with Crippen LogP contribution in [0.25, 0.3) is 11.3 Å². The first-order chi connectivity index (χ1) is 13.1. The fourth-order valence-corrected chi connectivity index (χ4v) is 4.18. The summed E-state index contributed by atoms with van der Waals surface area (Å²) < 4.78 is 6.66. The van der Waals surface area contributed by atoms with E-state index in [1.165, 1.54) is 32.8 Å². The summed E-state index contributed by atoms with van der Waals surface area (Å²) in [6.45, 7) is 0.802. The van der Waals surface area contributed by atoms with Gasteiger partial charge in [-0.05, 0) is 55.6 Å². The molecule has 0 bridgehead atoms. The lowest BCUT2D eigenvalue weighted by Gasteiger charge is -2.24. The van der Waals surface area contributed by atoms with Crippen LogP contribution in [0.4, 0.5) is 5.69 Å². The number of methoxy groups -OCH3 is 1. The summed E-state index contributed by atoms with van der Waals surface area (Å²) in [5, 5.41) is 3.49. The van der Waals surface area contributed by atoms with Crippen molar-refractivity contribution in [2.24, 2.45) is 30.5 Å². The highest BCUT2D eigenvalue weighted by Gasteiger charge is 2.44. The number of aromatic nitrogens is 2. The Bertz CT molecular complexity index is 794. The van der Waals surface area contributed by atoms with E-state index in [-0.39, 0.29) is 6.04 Å². The topological polar surface area (TPSA) is 82.2 Å². The van der Waals surface area contributed by atoms with Crippen LogP contribution in [0.5, 0.6) is 0 Å². The van der Waals surface area contributed by atoms with Crippen LogP contribution in [0.1, 0.15) is 36.2 Å². The number of carbonyl (C=O) groups is 1. The molecule has 27 heavy (non-hydrogen) atoms. The molecule has 0 amide bonds. The number of anilines is 1. The second-order valence-electron chi connectivity index (χ2n) is 7.92. The van der Waals surface area contributed by atoms with E-state index in [0.29, 0.717) is 11.6 Å². The van der Waals surface area contributed by atoms with E-state index in [4.69, 9.17) is 10.5 Å². The minimum absolute atomic E-state index is 0.215. The van der Waals surface area contributed by atoms with Gasteiger partial charge in [-0.3, -0.25) is 0 Å². The third-order valence-electron chi connectivity index (χ3n) is 5.84. The number of esters is 1. The number of nitrogens with one attached hydrogen (secondary N) is 1. The molecule has 1 atom stereocenters. The van der Waals surface area contributed by atoms with Gasteiger partial charge in [0.05, 0.1) is 19.1 Å². The first kappa shape index (κ1) is 18.0. The summed E-state index contributed by atoms with van der Waals surface area (Å²) in [6, 6.07) is 8.26. The van der Waals surface area contributed by atoms with E-state index < -0.39 is 5.97 Å². The Labute approximate surface area is 160 Å². The summed E-state index contributed by atoms with van der Waals surface area (Å²) in [4.78, 5) is 16.1. The van der Waals surface area contributed by atoms with Gasteiger partial charge in [0, 0.05) is 30.9 Å². The van der Waals surface area contributed by atoms with Crippen molar-refractivity contribution < 1.29 is 9.53 Å². The van der Waals surface area contributed by atoms with E-state index in [1.807, 2.05) is 35.9 Å². The zero-order chi connectivity index (χ0) is 19.0. The van der Waals surface area contributed by atoms with Gasteiger partial charge < -0.3 is 20.4 Å². The van der Waals surface area contributed by atoms with Crippen molar-refractivity contribution in [1.29, 1.82) is 0 Å². The molecule has 0 aliphatic heterocycles. The average Bonchev–Trinajstić information content (AvgIpc) is 3.61. The Morgan fingerprint density at radius 3 is 2.44 bits per heavy atom. The maximum atomic E-state index is 11.9. The second-order valence-corrected chi connectivity index (χ2v) is 7.92. The van der Waals surface area contributed by atoms with E-state index in [1.54, 1.807) is 6.33 Å². The highest BCUT2D eigenvalue weighted by atomic mass is 16.5. The van der Waals surface area contributed by atoms with Crippen molar-refractivity contribution in [2.45, 2.75) is 31.7 Å². The number of rotatable bonds is 8. The van der Waals surface area contributed by atoms with E-state index in [0.717, 1.165) is 35.3 Å². The quantitative estimate of drug-likeness (QED) is 0.700. The smallest absolute Gasteiger partial charge is 0.358 e. The zero-order valence-electron chi connectivity index (χ0n) is 16.0. The second kappa shape index (κ2) is 7.35. The SMILES string of the molecule is COC(=O)c1ncn(C)c1-c1ccc(NC[C@@H](N)C(C2CC2)C2CC2)cc1. The molecule has 3 N–H and O–H groups in total. The summed E-state index contributed by atoms with van der Waals surface area (Å²) >= 11 is 0. The largest absolute Gasteiger partial charge is 0.464 e. The van der Waals surface area contributed by atoms with E-state index >= 15 is 0 Å². The van der Waals surface area contributed by atoms with E-state index in [2.05, 4.69) is 10.3 Å². The molecular formula is C21H28N4O2. The van der Waals surface area contributed by atoms with Gasteiger partial charge in [-0.1, -0.05) is 12.1 Å². The first-order valence-electron chi connectivity index (χ1n) is 9.78. The molecular weight excluding hydrogens is 340 g/mol. The number of aryl methyl sites for hydroxylation is 1. The van der Waals surface area contributed by atoms with Crippen LogP contribution < -0.4 is 11.1 Å². The number of hydrogen-bond acceptors (Lipinski definition) is 5. The van der Waals surface area contributed by atoms with Crippen molar-refractivity contribution in [3.63, 3.8) is 0 Å². The Morgan fingerprint density at radius 1 is 1.26 bits per heavy atom. The molecule has 0 saturated heterocycles. The van der Waals surface area contributed by atoms with Crippen LogP contribution in [0, 0.1) is 17.8 Å². The van der Waals surface area contributed by atoms with Crippen molar-refractivity contribution in [2.75, 3.05) is 19.0 Å². The maximum absolute atomic E-state index is 11.9.